The summed E-state index contributed by atoms with van der Waals surface area (Å²) in [4.78, 5) is 24.9. The van der Waals surface area contributed by atoms with Gasteiger partial charge < -0.3 is 9.47 Å². The highest BCUT2D eigenvalue weighted by Gasteiger charge is 2.13. The zero-order valence-electron chi connectivity index (χ0n) is 12.3. The molecule has 0 spiro atoms. The van der Waals surface area contributed by atoms with E-state index in [0.29, 0.717) is 6.54 Å². The van der Waals surface area contributed by atoms with Gasteiger partial charge in [-0.05, 0) is 13.0 Å². The van der Waals surface area contributed by atoms with Crippen LogP contribution in [0, 0.1) is 18.6 Å². The molecule has 7 heteroatoms. The number of benzene rings is 1. The Hall–Kier alpha value is -2.02. The van der Waals surface area contributed by atoms with Gasteiger partial charge in [0.25, 0.3) is 0 Å². The number of carbonyl (C=O) groups excluding carboxylic acids is 1. The van der Waals surface area contributed by atoms with E-state index in [0.717, 1.165) is 29.2 Å². The quantitative estimate of drug-likeness (QED) is 0.847. The van der Waals surface area contributed by atoms with Gasteiger partial charge in [0.15, 0.2) is 0 Å². The number of aromatic nitrogens is 1. The van der Waals surface area contributed by atoms with Gasteiger partial charge in [0.05, 0.1) is 0 Å². The molecule has 1 heterocycles. The highest BCUT2D eigenvalue weighted by atomic mass is 32.1. The topological polar surface area (TPSA) is 42.3 Å². The molecule has 0 N–H and O–H groups in total. The van der Waals surface area contributed by atoms with Crippen LogP contribution in [0.5, 0.6) is 0 Å². The van der Waals surface area contributed by atoms with Gasteiger partial charge in [0, 0.05) is 49.3 Å². The van der Waals surface area contributed by atoms with Crippen molar-refractivity contribution in [2.45, 2.75) is 26.4 Å². The molecule has 4 nitrogen and oxygen atoms in total. The summed E-state index contributed by atoms with van der Waals surface area (Å²) in [6.45, 7) is 2.16. The Labute approximate surface area is 130 Å². The molecule has 0 unspecified atom stereocenters. The monoisotopic (exact) mass is 326 g/mol. The smallest absolute Gasteiger partial charge is 0.307 e. The molecule has 0 bridgehead atoms. The molecule has 2 aromatic rings. The number of hydrogen-bond donors (Lipinski definition) is 0. The van der Waals surface area contributed by atoms with Crippen LogP contribution in [0.1, 0.15) is 17.7 Å². The number of rotatable bonds is 5. The average Bonchev–Trinajstić information content (AvgIpc) is 2.78. The predicted octanol–water partition coefficient (Wildman–Crippen LogP) is 2.55. The lowest BCUT2D eigenvalue weighted by Crippen LogP contribution is -2.28. The van der Waals surface area contributed by atoms with Gasteiger partial charge in [-0.1, -0.05) is 17.4 Å². The van der Waals surface area contributed by atoms with Crippen molar-refractivity contribution in [3.63, 3.8) is 0 Å². The molecular weight excluding hydrogens is 310 g/mol. The molecule has 0 atom stereocenters. The van der Waals surface area contributed by atoms with Crippen LogP contribution in [0.15, 0.2) is 28.4 Å². The molecule has 22 heavy (non-hydrogen) atoms. The Balaban J connectivity index is 1.96. The fraction of sp³-hybridized carbons (Fsp3) is 0.333. The lowest BCUT2D eigenvalue weighted by molar-refractivity contribution is -0.130. The van der Waals surface area contributed by atoms with Crippen LogP contribution in [0.3, 0.4) is 0 Å². The summed E-state index contributed by atoms with van der Waals surface area (Å²) in [7, 11) is 1.55. The van der Waals surface area contributed by atoms with Gasteiger partial charge in [0.1, 0.15) is 11.6 Å². The summed E-state index contributed by atoms with van der Waals surface area (Å²) in [5, 5.41) is 1.74. The van der Waals surface area contributed by atoms with Crippen LogP contribution in [0.25, 0.3) is 0 Å². The number of nitrogens with zero attached hydrogens (tertiary/aromatic N) is 2. The lowest BCUT2D eigenvalue weighted by Gasteiger charge is -2.18. The first kappa shape index (κ1) is 16.4. The summed E-state index contributed by atoms with van der Waals surface area (Å²) < 4.78 is 27.9. The molecule has 0 saturated heterocycles. The van der Waals surface area contributed by atoms with Crippen molar-refractivity contribution < 1.29 is 13.6 Å². The molecule has 0 aliphatic carbocycles. The maximum Gasteiger partial charge on any atom is 0.307 e. The normalized spacial score (nSPS) is 10.7. The predicted molar refractivity (Wildman–Crippen MR) is 80.8 cm³/mol. The average molecular weight is 326 g/mol. The van der Waals surface area contributed by atoms with Crippen molar-refractivity contribution in [3.05, 3.63) is 56.1 Å². The van der Waals surface area contributed by atoms with Gasteiger partial charge in [-0.25, -0.2) is 8.78 Å². The molecule has 1 aromatic carbocycles. The summed E-state index contributed by atoms with van der Waals surface area (Å²) >= 11 is 1.09. The van der Waals surface area contributed by atoms with Gasteiger partial charge in [-0.3, -0.25) is 9.59 Å². The standard InChI is InChI=1S/C15H16F2N2O2S/c1-10-9-22-15(21)19(10)6-5-14(20)18(2)8-11-3-4-12(16)7-13(11)17/h3-4,7,9H,5-6,8H2,1-2H3. The molecule has 1 aromatic heterocycles. The molecular formula is C15H16F2N2O2S. The number of aryl methyl sites for hydroxylation is 1. The molecule has 0 saturated carbocycles. The molecule has 0 aliphatic heterocycles. The Morgan fingerprint density at radius 3 is 2.68 bits per heavy atom. The molecule has 0 radical (unpaired) electrons. The van der Waals surface area contributed by atoms with E-state index >= 15 is 0 Å². The largest absolute Gasteiger partial charge is 0.341 e. The first-order valence-corrected chi connectivity index (χ1v) is 7.59. The van der Waals surface area contributed by atoms with Crippen molar-refractivity contribution in [2.24, 2.45) is 0 Å². The van der Waals surface area contributed by atoms with Crippen molar-refractivity contribution in [1.82, 2.24) is 9.47 Å². The molecule has 0 aliphatic rings. The number of carbonyl (C=O) groups is 1. The van der Waals surface area contributed by atoms with E-state index in [1.165, 1.54) is 15.5 Å². The molecule has 118 valence electrons. The van der Waals surface area contributed by atoms with E-state index in [1.807, 2.05) is 0 Å². The number of thiazole rings is 1. The van der Waals surface area contributed by atoms with E-state index in [-0.39, 0.29) is 29.3 Å². The van der Waals surface area contributed by atoms with Crippen LogP contribution in [-0.4, -0.2) is 22.4 Å². The second kappa shape index (κ2) is 6.83. The fourth-order valence-corrected chi connectivity index (χ4v) is 2.83. The number of halogens is 2. The zero-order chi connectivity index (χ0) is 16.3. The van der Waals surface area contributed by atoms with E-state index in [1.54, 1.807) is 19.4 Å². The Bertz CT molecular complexity index is 739. The molecule has 2 rings (SSSR count). The minimum atomic E-state index is -0.676. The van der Waals surface area contributed by atoms with Crippen LogP contribution in [-0.2, 0) is 17.9 Å². The van der Waals surface area contributed by atoms with Crippen LogP contribution in [0.4, 0.5) is 8.78 Å². The van der Waals surface area contributed by atoms with Crippen LogP contribution in [0.2, 0.25) is 0 Å². The number of amides is 1. The second-order valence-electron chi connectivity index (χ2n) is 5.03. The highest BCUT2D eigenvalue weighted by Crippen LogP contribution is 2.12. The zero-order valence-corrected chi connectivity index (χ0v) is 13.1. The van der Waals surface area contributed by atoms with Crippen molar-refractivity contribution in [2.75, 3.05) is 7.05 Å². The second-order valence-corrected chi connectivity index (χ2v) is 5.85. The lowest BCUT2D eigenvalue weighted by atomic mass is 10.2. The minimum Gasteiger partial charge on any atom is -0.341 e. The SMILES string of the molecule is Cc1csc(=O)n1CCC(=O)N(C)Cc1ccc(F)cc1F. The van der Waals surface area contributed by atoms with E-state index < -0.39 is 11.6 Å². The Morgan fingerprint density at radius 1 is 1.36 bits per heavy atom. The Morgan fingerprint density at radius 2 is 2.09 bits per heavy atom. The Kier molecular flexibility index (Phi) is 5.07. The van der Waals surface area contributed by atoms with Crippen LogP contribution < -0.4 is 4.87 Å². The van der Waals surface area contributed by atoms with Gasteiger partial charge >= 0.3 is 4.87 Å². The summed E-state index contributed by atoms with van der Waals surface area (Å²) in [6, 6.07) is 3.27. The molecule has 0 fully saturated rings. The maximum atomic E-state index is 13.6. The van der Waals surface area contributed by atoms with Crippen LogP contribution >= 0.6 is 11.3 Å². The van der Waals surface area contributed by atoms with Gasteiger partial charge in [-0.2, -0.15) is 0 Å². The third-order valence-electron chi connectivity index (χ3n) is 3.37. The summed E-state index contributed by atoms with van der Waals surface area (Å²) in [5.41, 5.74) is 1.07. The van der Waals surface area contributed by atoms with E-state index in [9.17, 15) is 18.4 Å². The summed E-state index contributed by atoms with van der Waals surface area (Å²) in [5.74, 6) is -1.53. The first-order chi connectivity index (χ1) is 10.4. The third kappa shape index (κ3) is 3.79. The van der Waals surface area contributed by atoms with E-state index in [4.69, 9.17) is 0 Å². The van der Waals surface area contributed by atoms with Crippen molar-refractivity contribution in [3.8, 4) is 0 Å². The van der Waals surface area contributed by atoms with Gasteiger partial charge in [-0.15, -0.1) is 0 Å². The fourth-order valence-electron chi connectivity index (χ4n) is 2.07. The van der Waals surface area contributed by atoms with E-state index in [2.05, 4.69) is 0 Å². The third-order valence-corrected chi connectivity index (χ3v) is 4.26. The number of hydrogen-bond acceptors (Lipinski definition) is 3. The minimum absolute atomic E-state index is 0.0580. The summed E-state index contributed by atoms with van der Waals surface area (Å²) in [6.07, 6.45) is 0.150. The first-order valence-electron chi connectivity index (χ1n) is 6.71. The van der Waals surface area contributed by atoms with Gasteiger partial charge in [0.2, 0.25) is 5.91 Å². The maximum absolute atomic E-state index is 13.6. The molecule has 1 amide bonds. The highest BCUT2D eigenvalue weighted by molar-refractivity contribution is 7.07. The van der Waals surface area contributed by atoms with Crippen molar-refractivity contribution >= 4 is 17.2 Å². The van der Waals surface area contributed by atoms with Crippen molar-refractivity contribution in [1.29, 1.82) is 0 Å².